The van der Waals surface area contributed by atoms with Crippen molar-refractivity contribution in [3.63, 3.8) is 0 Å². The van der Waals surface area contributed by atoms with Gasteiger partial charge in [0.2, 0.25) is 5.91 Å². The number of allylic oxidation sites excluding steroid dienone is 3. The van der Waals surface area contributed by atoms with Gasteiger partial charge in [-0.05, 0) is 37.3 Å². The summed E-state index contributed by atoms with van der Waals surface area (Å²) < 4.78 is 5.67. The van der Waals surface area contributed by atoms with E-state index in [4.69, 9.17) is 4.74 Å². The Morgan fingerprint density at radius 1 is 1.35 bits per heavy atom. The van der Waals surface area contributed by atoms with Gasteiger partial charge >= 0.3 is 0 Å². The summed E-state index contributed by atoms with van der Waals surface area (Å²) in [7, 11) is 0. The Bertz CT molecular complexity index is 622. The Morgan fingerprint density at radius 3 is 3.00 bits per heavy atom. The molecule has 1 aliphatic rings. The zero-order valence-electron chi connectivity index (χ0n) is 13.4. The fourth-order valence-electron chi connectivity index (χ4n) is 2.50. The standard InChI is InChI=1S/C20H23NO2/c1-2-10-17-11-6-7-14-19(17)23-16-9-8-15-21-20(22)18-12-4-3-5-13-18/h2-4,6-7,11,14,18H,1,5,10,12-13,15-16H2,(H,21,22). The second-order valence-corrected chi connectivity index (χ2v) is 5.44. The summed E-state index contributed by atoms with van der Waals surface area (Å²) >= 11 is 0. The first-order valence-corrected chi connectivity index (χ1v) is 8.01. The van der Waals surface area contributed by atoms with Crippen molar-refractivity contribution in [3.8, 4) is 17.6 Å². The lowest BCUT2D eigenvalue weighted by atomic mass is 9.94. The number of para-hydroxylation sites is 1. The molecule has 3 nitrogen and oxygen atoms in total. The van der Waals surface area contributed by atoms with Gasteiger partial charge in [0.1, 0.15) is 12.4 Å². The monoisotopic (exact) mass is 309 g/mol. The van der Waals surface area contributed by atoms with Gasteiger partial charge in [-0.15, -0.1) is 6.58 Å². The molecule has 1 amide bonds. The van der Waals surface area contributed by atoms with E-state index in [1.54, 1.807) is 0 Å². The van der Waals surface area contributed by atoms with Gasteiger partial charge in [0, 0.05) is 5.92 Å². The molecule has 23 heavy (non-hydrogen) atoms. The van der Waals surface area contributed by atoms with Crippen molar-refractivity contribution in [2.45, 2.75) is 25.7 Å². The number of carbonyl (C=O) groups excluding carboxylic acids is 1. The van der Waals surface area contributed by atoms with Crippen LogP contribution in [0.4, 0.5) is 0 Å². The molecule has 0 aromatic heterocycles. The van der Waals surface area contributed by atoms with Crippen LogP contribution in [0.3, 0.4) is 0 Å². The van der Waals surface area contributed by atoms with Crippen molar-refractivity contribution in [2.75, 3.05) is 13.2 Å². The van der Waals surface area contributed by atoms with Crippen LogP contribution < -0.4 is 10.1 Å². The summed E-state index contributed by atoms with van der Waals surface area (Å²) in [6.45, 7) is 4.43. The molecule has 0 saturated heterocycles. The summed E-state index contributed by atoms with van der Waals surface area (Å²) in [6.07, 6.45) is 9.58. The van der Waals surface area contributed by atoms with Crippen LogP contribution in [0.2, 0.25) is 0 Å². The van der Waals surface area contributed by atoms with Crippen LogP contribution in [-0.4, -0.2) is 19.1 Å². The quantitative estimate of drug-likeness (QED) is 0.647. The number of ether oxygens (including phenoxy) is 1. The molecule has 120 valence electrons. The predicted octanol–water partition coefficient (Wildman–Crippen LogP) is 3.27. The van der Waals surface area contributed by atoms with Gasteiger partial charge in [-0.3, -0.25) is 4.79 Å². The average molecular weight is 309 g/mol. The first-order valence-electron chi connectivity index (χ1n) is 8.01. The third kappa shape index (κ3) is 5.67. The minimum Gasteiger partial charge on any atom is -0.481 e. The van der Waals surface area contributed by atoms with Crippen LogP contribution in [0.5, 0.6) is 5.75 Å². The van der Waals surface area contributed by atoms with E-state index in [1.807, 2.05) is 30.3 Å². The summed E-state index contributed by atoms with van der Waals surface area (Å²) in [5, 5.41) is 2.87. The third-order valence-electron chi connectivity index (χ3n) is 3.75. The van der Waals surface area contributed by atoms with E-state index in [9.17, 15) is 4.79 Å². The van der Waals surface area contributed by atoms with E-state index in [2.05, 4.69) is 35.9 Å². The lowest BCUT2D eigenvalue weighted by Crippen LogP contribution is -2.31. The zero-order valence-corrected chi connectivity index (χ0v) is 13.4. The minimum atomic E-state index is 0.0981. The van der Waals surface area contributed by atoms with Crippen LogP contribution in [0.1, 0.15) is 24.8 Å². The van der Waals surface area contributed by atoms with Crippen molar-refractivity contribution in [2.24, 2.45) is 5.92 Å². The molecular formula is C20H23NO2. The fourth-order valence-corrected chi connectivity index (χ4v) is 2.50. The fraction of sp³-hybridized carbons (Fsp3) is 0.350. The molecule has 1 N–H and O–H groups in total. The number of amides is 1. The molecule has 0 spiro atoms. The summed E-state index contributed by atoms with van der Waals surface area (Å²) in [6, 6.07) is 7.86. The molecule has 0 saturated carbocycles. The first-order chi connectivity index (χ1) is 11.3. The molecule has 0 bridgehead atoms. The minimum absolute atomic E-state index is 0.0981. The van der Waals surface area contributed by atoms with Crippen LogP contribution in [0.15, 0.2) is 49.1 Å². The maximum Gasteiger partial charge on any atom is 0.224 e. The second kappa shape index (κ2) is 9.53. The largest absolute Gasteiger partial charge is 0.481 e. The summed E-state index contributed by atoms with van der Waals surface area (Å²) in [5.41, 5.74) is 1.10. The van der Waals surface area contributed by atoms with Gasteiger partial charge in [-0.2, -0.15) is 0 Å². The lowest BCUT2D eigenvalue weighted by molar-refractivity contribution is -0.124. The van der Waals surface area contributed by atoms with E-state index < -0.39 is 0 Å². The van der Waals surface area contributed by atoms with Crippen molar-refractivity contribution in [1.82, 2.24) is 5.32 Å². The lowest BCUT2D eigenvalue weighted by Gasteiger charge is -2.16. The van der Waals surface area contributed by atoms with Crippen molar-refractivity contribution in [3.05, 3.63) is 54.6 Å². The predicted molar refractivity (Wildman–Crippen MR) is 93.1 cm³/mol. The molecule has 1 atom stereocenters. The number of hydrogen-bond acceptors (Lipinski definition) is 2. The first kappa shape index (κ1) is 16.9. The van der Waals surface area contributed by atoms with Gasteiger partial charge in [0.05, 0.1) is 6.54 Å². The number of rotatable bonds is 6. The van der Waals surface area contributed by atoms with Gasteiger partial charge in [0.25, 0.3) is 0 Å². The molecule has 2 rings (SSSR count). The van der Waals surface area contributed by atoms with Crippen molar-refractivity contribution >= 4 is 5.91 Å². The van der Waals surface area contributed by atoms with Crippen molar-refractivity contribution < 1.29 is 9.53 Å². The smallest absolute Gasteiger partial charge is 0.224 e. The van der Waals surface area contributed by atoms with E-state index >= 15 is 0 Å². The van der Waals surface area contributed by atoms with E-state index in [1.165, 1.54) is 0 Å². The van der Waals surface area contributed by atoms with E-state index in [0.717, 1.165) is 37.0 Å². The molecule has 0 fully saturated rings. The Labute approximate surface area is 138 Å². The zero-order chi connectivity index (χ0) is 16.3. The third-order valence-corrected chi connectivity index (χ3v) is 3.75. The van der Waals surface area contributed by atoms with Crippen LogP contribution in [-0.2, 0) is 11.2 Å². The summed E-state index contributed by atoms with van der Waals surface area (Å²) in [5.74, 6) is 6.90. The van der Waals surface area contributed by atoms with Crippen LogP contribution in [0, 0.1) is 17.8 Å². The number of nitrogens with one attached hydrogen (secondary N) is 1. The Hall–Kier alpha value is -2.47. The Kier molecular flexibility index (Phi) is 7.00. The van der Waals surface area contributed by atoms with Gasteiger partial charge in [-0.25, -0.2) is 0 Å². The van der Waals surface area contributed by atoms with E-state index in [0.29, 0.717) is 13.2 Å². The molecule has 1 aliphatic carbocycles. The highest BCUT2D eigenvalue weighted by Crippen LogP contribution is 2.18. The molecule has 0 aliphatic heterocycles. The van der Waals surface area contributed by atoms with E-state index in [-0.39, 0.29) is 11.8 Å². The number of carbonyl (C=O) groups is 1. The van der Waals surface area contributed by atoms with Gasteiger partial charge < -0.3 is 10.1 Å². The molecule has 0 heterocycles. The Morgan fingerprint density at radius 2 is 2.22 bits per heavy atom. The highest BCUT2D eigenvalue weighted by atomic mass is 16.5. The maximum absolute atomic E-state index is 11.9. The maximum atomic E-state index is 11.9. The van der Waals surface area contributed by atoms with Crippen molar-refractivity contribution in [1.29, 1.82) is 0 Å². The average Bonchev–Trinajstić information content (AvgIpc) is 2.60. The van der Waals surface area contributed by atoms with Gasteiger partial charge in [-0.1, -0.05) is 48.3 Å². The second-order valence-electron chi connectivity index (χ2n) is 5.44. The highest BCUT2D eigenvalue weighted by molar-refractivity contribution is 5.79. The topological polar surface area (TPSA) is 38.3 Å². The number of benzene rings is 1. The SMILES string of the molecule is C=CCc1ccccc1OCC#CCNC(=O)C1CC=CCC1. The molecule has 1 unspecified atom stereocenters. The molecule has 1 aromatic carbocycles. The molecule has 0 radical (unpaired) electrons. The van der Waals surface area contributed by atoms with Crippen LogP contribution in [0.25, 0.3) is 0 Å². The molecular weight excluding hydrogens is 286 g/mol. The highest BCUT2D eigenvalue weighted by Gasteiger charge is 2.17. The summed E-state index contributed by atoms with van der Waals surface area (Å²) in [4.78, 5) is 11.9. The normalized spacial score (nSPS) is 16.1. The van der Waals surface area contributed by atoms with Gasteiger partial charge in [0.15, 0.2) is 0 Å². The molecule has 3 heteroatoms. The number of hydrogen-bond donors (Lipinski definition) is 1. The Balaban J connectivity index is 1.71. The molecule has 1 aromatic rings. The van der Waals surface area contributed by atoms with Crippen LogP contribution >= 0.6 is 0 Å².